The first kappa shape index (κ1) is 12.8. The van der Waals surface area contributed by atoms with Gasteiger partial charge in [-0.2, -0.15) is 13.2 Å². The van der Waals surface area contributed by atoms with E-state index in [9.17, 15) is 18.0 Å². The number of nitrogen functional groups attached to an aromatic ring is 1. The van der Waals surface area contributed by atoms with Crippen molar-refractivity contribution in [3.63, 3.8) is 0 Å². The zero-order chi connectivity index (χ0) is 12.5. The fourth-order valence-corrected chi connectivity index (χ4v) is 1.56. The molecule has 0 aliphatic heterocycles. The molecule has 0 fully saturated rings. The Bertz CT molecular complexity index is 431. The van der Waals surface area contributed by atoms with E-state index in [0.29, 0.717) is 0 Å². The number of nitrogens with two attached hydrogens (primary N) is 1. The molecule has 0 aliphatic rings. The van der Waals surface area contributed by atoms with Crippen LogP contribution in [0.4, 0.5) is 18.9 Å². The zero-order valence-electron chi connectivity index (χ0n) is 8.15. The first-order valence-corrected chi connectivity index (χ1v) is 4.95. The van der Waals surface area contributed by atoms with Crippen LogP contribution in [0.1, 0.15) is 15.9 Å². The summed E-state index contributed by atoms with van der Waals surface area (Å²) in [7, 11) is 1.32. The van der Waals surface area contributed by atoms with Gasteiger partial charge in [-0.3, -0.25) is 4.79 Å². The average molecular weight is 297 g/mol. The Labute approximate surface area is 97.9 Å². The standard InChI is InChI=1S/C9H8BrF3N2O/c1-15-8(16)5-2-4(9(11,12)13)3-6(10)7(5)14/h2-3H,14H2,1H3,(H,15,16). The number of hydrogen-bond donors (Lipinski definition) is 2. The third kappa shape index (κ3) is 2.46. The Morgan fingerprint density at radius 3 is 2.44 bits per heavy atom. The van der Waals surface area contributed by atoms with Crippen molar-refractivity contribution in [2.75, 3.05) is 12.8 Å². The lowest BCUT2D eigenvalue weighted by molar-refractivity contribution is -0.137. The van der Waals surface area contributed by atoms with E-state index in [-0.39, 0.29) is 15.7 Å². The van der Waals surface area contributed by atoms with Gasteiger partial charge in [-0.1, -0.05) is 0 Å². The molecular weight excluding hydrogens is 289 g/mol. The molecule has 7 heteroatoms. The highest BCUT2D eigenvalue weighted by Crippen LogP contribution is 2.35. The number of halogens is 4. The monoisotopic (exact) mass is 296 g/mol. The summed E-state index contributed by atoms with van der Waals surface area (Å²) in [6.45, 7) is 0. The van der Waals surface area contributed by atoms with Crippen LogP contribution in [-0.2, 0) is 6.18 Å². The summed E-state index contributed by atoms with van der Waals surface area (Å²) in [5.41, 5.74) is 4.35. The van der Waals surface area contributed by atoms with Crippen molar-refractivity contribution in [2.24, 2.45) is 0 Å². The highest BCUT2D eigenvalue weighted by molar-refractivity contribution is 9.10. The molecule has 3 N–H and O–H groups in total. The van der Waals surface area contributed by atoms with Crippen LogP contribution >= 0.6 is 15.9 Å². The van der Waals surface area contributed by atoms with Gasteiger partial charge >= 0.3 is 6.18 Å². The smallest absolute Gasteiger partial charge is 0.397 e. The van der Waals surface area contributed by atoms with Gasteiger partial charge in [0.2, 0.25) is 0 Å². The Hall–Kier alpha value is -1.24. The molecule has 0 atom stereocenters. The number of alkyl halides is 3. The van der Waals surface area contributed by atoms with Gasteiger partial charge in [0.25, 0.3) is 5.91 Å². The lowest BCUT2D eigenvalue weighted by atomic mass is 10.1. The molecule has 1 amide bonds. The molecule has 1 aromatic rings. The third-order valence-corrected chi connectivity index (χ3v) is 2.58. The number of benzene rings is 1. The summed E-state index contributed by atoms with van der Waals surface area (Å²) >= 11 is 2.88. The van der Waals surface area contributed by atoms with E-state index in [1.165, 1.54) is 7.05 Å². The topological polar surface area (TPSA) is 55.1 Å². The number of rotatable bonds is 1. The fourth-order valence-electron chi connectivity index (χ4n) is 1.10. The number of nitrogens with one attached hydrogen (secondary N) is 1. The molecule has 0 saturated carbocycles. The quantitative estimate of drug-likeness (QED) is 0.782. The summed E-state index contributed by atoms with van der Waals surface area (Å²) in [4.78, 5) is 11.3. The average Bonchev–Trinajstić information content (AvgIpc) is 2.19. The van der Waals surface area contributed by atoms with Gasteiger partial charge in [-0.05, 0) is 28.1 Å². The Morgan fingerprint density at radius 1 is 1.44 bits per heavy atom. The second-order valence-corrected chi connectivity index (χ2v) is 3.85. The van der Waals surface area contributed by atoms with E-state index in [0.717, 1.165) is 12.1 Å². The number of amides is 1. The third-order valence-electron chi connectivity index (χ3n) is 1.93. The van der Waals surface area contributed by atoms with Crippen molar-refractivity contribution in [3.8, 4) is 0 Å². The van der Waals surface area contributed by atoms with Crippen molar-refractivity contribution in [3.05, 3.63) is 27.7 Å². The fraction of sp³-hybridized carbons (Fsp3) is 0.222. The molecule has 3 nitrogen and oxygen atoms in total. The molecule has 0 radical (unpaired) electrons. The Kier molecular flexibility index (Phi) is 3.47. The highest BCUT2D eigenvalue weighted by atomic mass is 79.9. The van der Waals surface area contributed by atoms with Gasteiger partial charge < -0.3 is 11.1 Å². The lowest BCUT2D eigenvalue weighted by Crippen LogP contribution is -2.20. The SMILES string of the molecule is CNC(=O)c1cc(C(F)(F)F)cc(Br)c1N. The van der Waals surface area contributed by atoms with Gasteiger partial charge in [-0.25, -0.2) is 0 Å². The van der Waals surface area contributed by atoms with Crippen LogP contribution in [0.3, 0.4) is 0 Å². The van der Waals surface area contributed by atoms with Gasteiger partial charge in [0.05, 0.1) is 16.8 Å². The molecule has 0 aromatic heterocycles. The van der Waals surface area contributed by atoms with Crippen LogP contribution in [-0.4, -0.2) is 13.0 Å². The van der Waals surface area contributed by atoms with Crippen LogP contribution in [0, 0.1) is 0 Å². The van der Waals surface area contributed by atoms with Crippen molar-refractivity contribution in [1.29, 1.82) is 0 Å². The van der Waals surface area contributed by atoms with Gasteiger partial charge in [0.1, 0.15) is 0 Å². The van der Waals surface area contributed by atoms with E-state index in [1.54, 1.807) is 0 Å². The van der Waals surface area contributed by atoms with Crippen molar-refractivity contribution in [2.45, 2.75) is 6.18 Å². The number of carbonyl (C=O) groups is 1. The first-order valence-electron chi connectivity index (χ1n) is 4.15. The van der Waals surface area contributed by atoms with Gasteiger partial charge in [-0.15, -0.1) is 0 Å². The largest absolute Gasteiger partial charge is 0.416 e. The molecule has 0 aliphatic carbocycles. The summed E-state index contributed by atoms with van der Waals surface area (Å²) in [5, 5.41) is 2.22. The number of carbonyl (C=O) groups excluding carboxylic acids is 1. The van der Waals surface area contributed by atoms with E-state index in [1.807, 2.05) is 0 Å². The molecule has 0 saturated heterocycles. The Balaban J connectivity index is 3.39. The molecule has 16 heavy (non-hydrogen) atoms. The van der Waals surface area contributed by atoms with E-state index in [2.05, 4.69) is 21.2 Å². The minimum atomic E-state index is -4.51. The van der Waals surface area contributed by atoms with Crippen LogP contribution in [0.25, 0.3) is 0 Å². The molecule has 0 unspecified atom stereocenters. The minimum Gasteiger partial charge on any atom is -0.397 e. The van der Waals surface area contributed by atoms with Crippen molar-refractivity contribution in [1.82, 2.24) is 5.32 Å². The van der Waals surface area contributed by atoms with Gasteiger partial charge in [0, 0.05) is 11.5 Å². The first-order chi connectivity index (χ1) is 7.27. The maximum absolute atomic E-state index is 12.5. The maximum Gasteiger partial charge on any atom is 0.416 e. The van der Waals surface area contributed by atoms with Crippen LogP contribution in [0.2, 0.25) is 0 Å². The van der Waals surface area contributed by atoms with Crippen LogP contribution in [0.5, 0.6) is 0 Å². The Morgan fingerprint density at radius 2 is 2.00 bits per heavy atom. The van der Waals surface area contributed by atoms with E-state index >= 15 is 0 Å². The van der Waals surface area contributed by atoms with E-state index < -0.39 is 17.6 Å². The summed E-state index contributed by atoms with van der Waals surface area (Å²) in [6, 6.07) is 1.56. The van der Waals surface area contributed by atoms with Crippen LogP contribution < -0.4 is 11.1 Å². The molecular formula is C9H8BrF3N2O. The second-order valence-electron chi connectivity index (χ2n) is 3.00. The summed E-state index contributed by atoms with van der Waals surface area (Å²) in [5.74, 6) is -0.663. The molecule has 0 heterocycles. The molecule has 1 aromatic carbocycles. The molecule has 88 valence electrons. The van der Waals surface area contributed by atoms with Crippen molar-refractivity contribution < 1.29 is 18.0 Å². The summed E-state index contributed by atoms with van der Waals surface area (Å²) < 4.78 is 37.4. The highest BCUT2D eigenvalue weighted by Gasteiger charge is 2.32. The minimum absolute atomic E-state index is 0.0210. The lowest BCUT2D eigenvalue weighted by Gasteiger charge is -2.12. The number of hydrogen-bond acceptors (Lipinski definition) is 2. The molecule has 1 rings (SSSR count). The van der Waals surface area contributed by atoms with Crippen molar-refractivity contribution >= 4 is 27.5 Å². The van der Waals surface area contributed by atoms with E-state index in [4.69, 9.17) is 5.73 Å². The maximum atomic E-state index is 12.5. The normalized spacial score (nSPS) is 11.3. The van der Waals surface area contributed by atoms with Crippen LogP contribution in [0.15, 0.2) is 16.6 Å². The molecule has 0 spiro atoms. The zero-order valence-corrected chi connectivity index (χ0v) is 9.74. The molecule has 0 bridgehead atoms. The predicted octanol–water partition coefficient (Wildman–Crippen LogP) is 2.41. The number of anilines is 1. The second kappa shape index (κ2) is 4.32. The van der Waals surface area contributed by atoms with Gasteiger partial charge in [0.15, 0.2) is 0 Å². The predicted molar refractivity (Wildman–Crippen MR) is 56.9 cm³/mol. The summed E-state index contributed by atoms with van der Waals surface area (Å²) in [6.07, 6.45) is -4.51.